The van der Waals surface area contributed by atoms with Crippen LogP contribution in [0.1, 0.15) is 5.76 Å². The third kappa shape index (κ3) is 3.72. The van der Waals surface area contributed by atoms with Crippen molar-refractivity contribution in [3.63, 3.8) is 0 Å². The maximum atomic E-state index is 5.89. The van der Waals surface area contributed by atoms with Crippen LogP contribution in [-0.4, -0.2) is 20.3 Å². The molecule has 0 aliphatic carbocycles. The van der Waals surface area contributed by atoms with E-state index in [0.29, 0.717) is 21.9 Å². The van der Waals surface area contributed by atoms with Crippen LogP contribution in [0.4, 0.5) is 0 Å². The van der Waals surface area contributed by atoms with Gasteiger partial charge in [-0.2, -0.15) is 0 Å². The molecule has 0 saturated carbocycles. The molecule has 0 N–H and O–H groups in total. The highest BCUT2D eigenvalue weighted by atomic mass is 35.5. The van der Waals surface area contributed by atoms with Crippen LogP contribution < -0.4 is 0 Å². The molecule has 0 atom stereocenters. The predicted molar refractivity (Wildman–Crippen MR) is 94.0 cm³/mol. The van der Waals surface area contributed by atoms with Gasteiger partial charge in [-0.05, 0) is 24.3 Å². The van der Waals surface area contributed by atoms with Gasteiger partial charge >= 0.3 is 0 Å². The Hall–Kier alpha value is -2.64. The number of pyridine rings is 1. The molecule has 0 spiro atoms. The fourth-order valence-corrected chi connectivity index (χ4v) is 2.91. The van der Waals surface area contributed by atoms with Crippen molar-refractivity contribution in [1.82, 2.24) is 20.3 Å². The lowest BCUT2D eigenvalue weighted by molar-refractivity contribution is 0.396. The van der Waals surface area contributed by atoms with Gasteiger partial charge in [0.25, 0.3) is 5.22 Å². The van der Waals surface area contributed by atoms with E-state index < -0.39 is 0 Å². The van der Waals surface area contributed by atoms with Crippen molar-refractivity contribution in [1.29, 1.82) is 0 Å². The van der Waals surface area contributed by atoms with E-state index in [4.69, 9.17) is 20.5 Å². The van der Waals surface area contributed by atoms with Gasteiger partial charge in [-0.25, -0.2) is 0 Å². The summed E-state index contributed by atoms with van der Waals surface area (Å²) in [5.74, 6) is 1.70. The third-order valence-electron chi connectivity index (χ3n) is 3.35. The minimum atomic E-state index is 0.440. The van der Waals surface area contributed by atoms with Gasteiger partial charge < -0.3 is 8.94 Å². The smallest absolute Gasteiger partial charge is 0.277 e. The zero-order valence-electron chi connectivity index (χ0n) is 12.8. The van der Waals surface area contributed by atoms with Crippen molar-refractivity contribution in [3.8, 4) is 22.7 Å². The second-order valence-corrected chi connectivity index (χ2v) is 6.45. The summed E-state index contributed by atoms with van der Waals surface area (Å²) >= 11 is 7.28. The summed E-state index contributed by atoms with van der Waals surface area (Å²) in [5.41, 5.74) is 2.49. The van der Waals surface area contributed by atoms with Gasteiger partial charge in [0.1, 0.15) is 11.5 Å². The van der Waals surface area contributed by atoms with Gasteiger partial charge in [0.2, 0.25) is 5.89 Å². The SMILES string of the molecule is Clc1ccc(-c2cc(CSc3nnc(-c4cccnc4)o3)on2)cc1. The maximum Gasteiger partial charge on any atom is 0.277 e. The fourth-order valence-electron chi connectivity index (χ4n) is 2.14. The van der Waals surface area contributed by atoms with E-state index in [0.717, 1.165) is 22.6 Å². The summed E-state index contributed by atoms with van der Waals surface area (Å²) in [6, 6.07) is 13.0. The average Bonchev–Trinajstić information content (AvgIpc) is 3.31. The number of halogens is 1. The second-order valence-electron chi connectivity index (χ2n) is 5.09. The summed E-state index contributed by atoms with van der Waals surface area (Å²) < 4.78 is 11.0. The Balaban J connectivity index is 1.42. The summed E-state index contributed by atoms with van der Waals surface area (Å²) in [7, 11) is 0. The Bertz CT molecular complexity index is 970. The van der Waals surface area contributed by atoms with Gasteiger partial charge in [0.15, 0.2) is 0 Å². The molecule has 3 heterocycles. The molecule has 0 unspecified atom stereocenters. The first kappa shape index (κ1) is 15.9. The Morgan fingerprint density at radius 1 is 1.04 bits per heavy atom. The molecule has 4 aromatic rings. The lowest BCUT2D eigenvalue weighted by Gasteiger charge is -1.94. The van der Waals surface area contributed by atoms with E-state index in [1.54, 1.807) is 12.4 Å². The van der Waals surface area contributed by atoms with Gasteiger partial charge in [-0.15, -0.1) is 10.2 Å². The normalized spacial score (nSPS) is 10.9. The molecule has 0 fully saturated rings. The predicted octanol–water partition coefficient (Wildman–Crippen LogP) is 4.73. The van der Waals surface area contributed by atoms with Crippen LogP contribution in [0.15, 0.2) is 69.0 Å². The minimum Gasteiger partial charge on any atom is -0.411 e. The molecule has 3 aromatic heterocycles. The summed E-state index contributed by atoms with van der Waals surface area (Å²) in [4.78, 5) is 4.03. The van der Waals surface area contributed by atoms with E-state index in [-0.39, 0.29) is 0 Å². The van der Waals surface area contributed by atoms with Crippen molar-refractivity contribution in [2.45, 2.75) is 11.0 Å². The molecule has 8 heteroatoms. The topological polar surface area (TPSA) is 77.8 Å². The third-order valence-corrected chi connectivity index (χ3v) is 4.44. The van der Waals surface area contributed by atoms with Gasteiger partial charge in [0.05, 0.1) is 11.3 Å². The van der Waals surface area contributed by atoms with E-state index in [2.05, 4.69) is 20.3 Å². The molecule has 25 heavy (non-hydrogen) atoms. The summed E-state index contributed by atoms with van der Waals surface area (Å²) in [5, 5.41) is 13.3. The number of aromatic nitrogens is 4. The van der Waals surface area contributed by atoms with Crippen molar-refractivity contribution in [2.24, 2.45) is 0 Å². The number of rotatable bonds is 5. The van der Waals surface area contributed by atoms with E-state index in [1.807, 2.05) is 42.5 Å². The van der Waals surface area contributed by atoms with Crippen molar-refractivity contribution >= 4 is 23.4 Å². The van der Waals surface area contributed by atoms with Gasteiger partial charge in [0, 0.05) is 29.0 Å². The summed E-state index contributed by atoms with van der Waals surface area (Å²) in [6.07, 6.45) is 3.37. The molecule has 0 aliphatic rings. The largest absolute Gasteiger partial charge is 0.411 e. The molecule has 0 saturated heterocycles. The van der Waals surface area contributed by atoms with Crippen LogP contribution in [0.25, 0.3) is 22.7 Å². The van der Waals surface area contributed by atoms with Gasteiger partial charge in [-0.3, -0.25) is 4.98 Å². The average molecular weight is 371 g/mol. The Labute approximate surface area is 152 Å². The van der Waals surface area contributed by atoms with Crippen LogP contribution in [-0.2, 0) is 5.75 Å². The molecule has 0 amide bonds. The monoisotopic (exact) mass is 370 g/mol. The Kier molecular flexibility index (Phi) is 4.49. The molecule has 124 valence electrons. The second kappa shape index (κ2) is 7.08. The first-order valence-electron chi connectivity index (χ1n) is 7.36. The standard InChI is InChI=1S/C17H11ClN4O2S/c18-13-5-3-11(4-6-13)15-8-14(24-22-15)10-25-17-21-20-16(23-17)12-2-1-7-19-9-12/h1-9H,10H2. The first-order chi connectivity index (χ1) is 12.3. The maximum absolute atomic E-state index is 5.89. The number of hydrogen-bond donors (Lipinski definition) is 0. The molecule has 4 rings (SSSR count). The van der Waals surface area contributed by atoms with Crippen LogP contribution in [0.3, 0.4) is 0 Å². The summed E-state index contributed by atoms with van der Waals surface area (Å²) in [6.45, 7) is 0. The van der Waals surface area contributed by atoms with E-state index in [1.165, 1.54) is 11.8 Å². The van der Waals surface area contributed by atoms with Crippen LogP contribution >= 0.6 is 23.4 Å². The molecule has 6 nitrogen and oxygen atoms in total. The van der Waals surface area contributed by atoms with Crippen molar-refractivity contribution < 1.29 is 8.94 Å². The van der Waals surface area contributed by atoms with E-state index >= 15 is 0 Å². The lowest BCUT2D eigenvalue weighted by Crippen LogP contribution is -1.78. The first-order valence-corrected chi connectivity index (χ1v) is 8.72. The van der Waals surface area contributed by atoms with E-state index in [9.17, 15) is 0 Å². The quantitative estimate of drug-likeness (QED) is 0.470. The Morgan fingerprint density at radius 2 is 1.92 bits per heavy atom. The molecule has 1 aromatic carbocycles. The molecular formula is C17H11ClN4O2S. The number of hydrogen-bond acceptors (Lipinski definition) is 7. The molecular weight excluding hydrogens is 360 g/mol. The number of benzene rings is 1. The van der Waals surface area contributed by atoms with Crippen molar-refractivity contribution in [3.05, 3.63) is 65.6 Å². The molecule has 0 radical (unpaired) electrons. The molecule has 0 aliphatic heterocycles. The Morgan fingerprint density at radius 3 is 2.72 bits per heavy atom. The van der Waals surface area contributed by atoms with Crippen LogP contribution in [0, 0.1) is 0 Å². The lowest BCUT2D eigenvalue weighted by atomic mass is 10.1. The minimum absolute atomic E-state index is 0.440. The van der Waals surface area contributed by atoms with Crippen molar-refractivity contribution in [2.75, 3.05) is 0 Å². The van der Waals surface area contributed by atoms with Gasteiger partial charge in [-0.1, -0.05) is 40.7 Å². The fraction of sp³-hybridized carbons (Fsp3) is 0.0588. The highest BCUT2D eigenvalue weighted by molar-refractivity contribution is 7.98. The zero-order chi connectivity index (χ0) is 17.1. The highest BCUT2D eigenvalue weighted by Gasteiger charge is 2.12. The van der Waals surface area contributed by atoms with Crippen LogP contribution in [0.2, 0.25) is 5.02 Å². The molecule has 0 bridgehead atoms. The van der Waals surface area contributed by atoms with Crippen LogP contribution in [0.5, 0.6) is 0 Å². The number of nitrogens with zero attached hydrogens (tertiary/aromatic N) is 4. The number of thioether (sulfide) groups is 1. The highest BCUT2D eigenvalue weighted by Crippen LogP contribution is 2.27. The zero-order valence-corrected chi connectivity index (χ0v) is 14.4.